The summed E-state index contributed by atoms with van der Waals surface area (Å²) in [5.41, 5.74) is 7.70. The molecule has 0 aliphatic carbocycles. The Morgan fingerprint density at radius 2 is 0.618 bits per heavy atom. The molecule has 0 N–H and O–H groups in total. The number of thiophene rings is 1. The van der Waals surface area contributed by atoms with Crippen molar-refractivity contribution in [2.24, 2.45) is 0 Å². The molecular weight excluding hydrogens is 687 g/mol. The lowest BCUT2D eigenvalue weighted by molar-refractivity contribution is 1.07. The van der Waals surface area contributed by atoms with E-state index in [4.69, 9.17) is 15.0 Å². The van der Waals surface area contributed by atoms with Gasteiger partial charge in [0.2, 0.25) is 0 Å². The van der Waals surface area contributed by atoms with Gasteiger partial charge in [0.1, 0.15) is 0 Å². The molecule has 11 rings (SSSR count). The Kier molecular flexibility index (Phi) is 7.35. The fraction of sp³-hybridized carbons (Fsp3) is 0. The molecule has 55 heavy (non-hydrogen) atoms. The van der Waals surface area contributed by atoms with Gasteiger partial charge in [-0.25, -0.2) is 15.0 Å². The highest BCUT2D eigenvalue weighted by Gasteiger charge is 2.16. The SMILES string of the molecule is c1ccc(-c2nc(-c3ccccc3)nc(-c3ccc4c5ccccc5c5cc(-c6ccc(-c7ccc8sc9ccccc9c8c7)cc6)ccc5c4c3)n2)cc1. The molecule has 0 fully saturated rings. The lowest BCUT2D eigenvalue weighted by atomic mass is 9.91. The average molecular weight is 718 g/mol. The Morgan fingerprint density at radius 1 is 0.236 bits per heavy atom. The monoisotopic (exact) mass is 717 g/mol. The predicted molar refractivity (Wildman–Crippen MR) is 232 cm³/mol. The van der Waals surface area contributed by atoms with Gasteiger partial charge in [-0.05, 0) is 84.9 Å². The van der Waals surface area contributed by atoms with E-state index in [0.29, 0.717) is 17.5 Å². The van der Waals surface area contributed by atoms with Gasteiger partial charge in [0.25, 0.3) is 0 Å². The number of fused-ring (bicyclic) bond motifs is 9. The van der Waals surface area contributed by atoms with Crippen molar-refractivity contribution in [2.75, 3.05) is 0 Å². The number of hydrogen-bond acceptors (Lipinski definition) is 4. The summed E-state index contributed by atoms with van der Waals surface area (Å²) in [5.74, 6) is 1.96. The van der Waals surface area contributed by atoms with Crippen LogP contribution in [0, 0.1) is 0 Å². The zero-order chi connectivity index (χ0) is 36.3. The Labute approximate surface area is 321 Å². The Morgan fingerprint density at radius 3 is 1.24 bits per heavy atom. The van der Waals surface area contributed by atoms with Crippen molar-refractivity contribution >= 4 is 63.8 Å². The van der Waals surface area contributed by atoms with E-state index in [0.717, 1.165) is 16.7 Å². The van der Waals surface area contributed by atoms with Crippen LogP contribution in [0.2, 0.25) is 0 Å². The summed E-state index contributed by atoms with van der Waals surface area (Å²) in [5, 5.41) is 9.92. The quantitative estimate of drug-likeness (QED) is 0.166. The molecular formula is C51H31N3S. The van der Waals surface area contributed by atoms with Gasteiger partial charge in [-0.1, -0.05) is 158 Å². The fourth-order valence-electron chi connectivity index (χ4n) is 7.97. The smallest absolute Gasteiger partial charge is 0.164 e. The van der Waals surface area contributed by atoms with Crippen LogP contribution in [0.25, 0.3) is 109 Å². The highest BCUT2D eigenvalue weighted by Crippen LogP contribution is 2.40. The molecule has 3 nitrogen and oxygen atoms in total. The molecule has 0 aliphatic rings. The number of nitrogens with zero attached hydrogens (tertiary/aromatic N) is 3. The second-order valence-corrected chi connectivity index (χ2v) is 15.1. The van der Waals surface area contributed by atoms with E-state index < -0.39 is 0 Å². The van der Waals surface area contributed by atoms with E-state index >= 15 is 0 Å². The van der Waals surface area contributed by atoms with Crippen molar-refractivity contribution in [1.82, 2.24) is 15.0 Å². The Balaban J connectivity index is 1.03. The standard InChI is InChI=1S/C51H31N3S/c1-3-11-34(12-4-1)49-52-50(35-13-5-2-6-14-35)54-51(53-49)38-24-27-41-39-15-7-8-16-40(39)44-29-36(23-26-42(44)45(41)31-38)32-19-21-33(22-20-32)37-25-28-48-46(30-37)43-17-9-10-18-47(43)55-48/h1-31H. The van der Waals surface area contributed by atoms with Gasteiger partial charge >= 0.3 is 0 Å². The van der Waals surface area contributed by atoms with Crippen LogP contribution < -0.4 is 0 Å². The summed E-state index contributed by atoms with van der Waals surface area (Å²) in [6.45, 7) is 0. The second-order valence-electron chi connectivity index (χ2n) is 14.0. The summed E-state index contributed by atoms with van der Waals surface area (Å²) in [6.07, 6.45) is 0. The molecule has 2 heterocycles. The molecule has 0 aliphatic heterocycles. The van der Waals surface area contributed by atoms with Gasteiger partial charge in [0, 0.05) is 36.9 Å². The normalized spacial score (nSPS) is 11.6. The van der Waals surface area contributed by atoms with Crippen molar-refractivity contribution < 1.29 is 0 Å². The van der Waals surface area contributed by atoms with Crippen LogP contribution in [0.3, 0.4) is 0 Å². The molecule has 9 aromatic carbocycles. The first kappa shape index (κ1) is 31.5. The van der Waals surface area contributed by atoms with Crippen LogP contribution in [0.15, 0.2) is 188 Å². The van der Waals surface area contributed by atoms with Crippen molar-refractivity contribution in [3.05, 3.63) is 188 Å². The molecule has 0 unspecified atom stereocenters. The Bertz CT molecular complexity index is 3180. The van der Waals surface area contributed by atoms with E-state index in [1.165, 1.54) is 74.7 Å². The summed E-state index contributed by atoms with van der Waals surface area (Å²) in [6, 6.07) is 67.1. The van der Waals surface area contributed by atoms with Gasteiger partial charge in [-0.2, -0.15) is 0 Å². The molecule has 0 spiro atoms. The molecule has 256 valence electrons. The van der Waals surface area contributed by atoms with Crippen molar-refractivity contribution in [3.63, 3.8) is 0 Å². The van der Waals surface area contributed by atoms with Crippen molar-refractivity contribution in [2.45, 2.75) is 0 Å². The first-order valence-electron chi connectivity index (χ1n) is 18.5. The van der Waals surface area contributed by atoms with E-state index in [-0.39, 0.29) is 0 Å². The van der Waals surface area contributed by atoms with Gasteiger partial charge in [-0.15, -0.1) is 11.3 Å². The summed E-state index contributed by atoms with van der Waals surface area (Å²) in [4.78, 5) is 15.0. The second kappa shape index (κ2) is 12.8. The number of rotatable bonds is 5. The van der Waals surface area contributed by atoms with Gasteiger partial charge in [0.05, 0.1) is 0 Å². The lowest BCUT2D eigenvalue weighted by Gasteiger charge is -2.14. The number of aromatic nitrogens is 3. The maximum atomic E-state index is 5.04. The maximum absolute atomic E-state index is 5.04. The van der Waals surface area contributed by atoms with Crippen molar-refractivity contribution in [1.29, 1.82) is 0 Å². The summed E-state index contributed by atoms with van der Waals surface area (Å²) >= 11 is 1.86. The predicted octanol–water partition coefficient (Wildman–Crippen LogP) is 14.0. The van der Waals surface area contributed by atoms with Crippen LogP contribution in [0.5, 0.6) is 0 Å². The largest absolute Gasteiger partial charge is 0.208 e. The summed E-state index contributed by atoms with van der Waals surface area (Å²) < 4.78 is 2.66. The van der Waals surface area contributed by atoms with E-state index in [9.17, 15) is 0 Å². The molecule has 4 heteroatoms. The third-order valence-corrected chi connectivity index (χ3v) is 11.9. The number of benzene rings is 9. The molecule has 0 amide bonds. The molecule has 0 saturated heterocycles. The minimum Gasteiger partial charge on any atom is -0.208 e. The lowest BCUT2D eigenvalue weighted by Crippen LogP contribution is -2.00. The average Bonchev–Trinajstić information content (AvgIpc) is 3.65. The number of hydrogen-bond donors (Lipinski definition) is 0. The molecule has 2 aromatic heterocycles. The highest BCUT2D eigenvalue weighted by atomic mass is 32.1. The van der Waals surface area contributed by atoms with Gasteiger partial charge < -0.3 is 0 Å². The molecule has 0 atom stereocenters. The zero-order valence-corrected chi connectivity index (χ0v) is 30.5. The molecule has 0 bridgehead atoms. The topological polar surface area (TPSA) is 38.7 Å². The first-order valence-corrected chi connectivity index (χ1v) is 19.3. The van der Waals surface area contributed by atoms with E-state index in [1.807, 2.05) is 72.0 Å². The Hall–Kier alpha value is -7.01. The minimum atomic E-state index is 0.652. The first-order chi connectivity index (χ1) is 27.2. The van der Waals surface area contributed by atoms with Crippen LogP contribution in [0.1, 0.15) is 0 Å². The third kappa shape index (κ3) is 5.46. The molecule has 11 aromatic rings. The van der Waals surface area contributed by atoms with Gasteiger partial charge in [-0.3, -0.25) is 0 Å². The molecule has 0 saturated carbocycles. The van der Waals surface area contributed by atoms with E-state index in [1.54, 1.807) is 0 Å². The minimum absolute atomic E-state index is 0.652. The fourth-order valence-corrected chi connectivity index (χ4v) is 9.06. The van der Waals surface area contributed by atoms with Crippen molar-refractivity contribution in [3.8, 4) is 56.4 Å². The highest BCUT2D eigenvalue weighted by molar-refractivity contribution is 7.25. The molecule has 0 radical (unpaired) electrons. The van der Waals surface area contributed by atoms with Crippen LogP contribution in [-0.4, -0.2) is 15.0 Å². The van der Waals surface area contributed by atoms with Crippen LogP contribution in [0.4, 0.5) is 0 Å². The van der Waals surface area contributed by atoms with Crippen LogP contribution >= 0.6 is 11.3 Å². The van der Waals surface area contributed by atoms with E-state index in [2.05, 4.69) is 127 Å². The zero-order valence-electron chi connectivity index (χ0n) is 29.6. The maximum Gasteiger partial charge on any atom is 0.164 e. The third-order valence-electron chi connectivity index (χ3n) is 10.7. The summed E-state index contributed by atoms with van der Waals surface area (Å²) in [7, 11) is 0. The van der Waals surface area contributed by atoms with Crippen LogP contribution in [-0.2, 0) is 0 Å². The van der Waals surface area contributed by atoms with Gasteiger partial charge in [0.15, 0.2) is 17.5 Å².